The van der Waals surface area contributed by atoms with Crippen LogP contribution in [0, 0.1) is 11.3 Å². The van der Waals surface area contributed by atoms with E-state index in [-0.39, 0.29) is 5.82 Å². The summed E-state index contributed by atoms with van der Waals surface area (Å²) in [6, 6.07) is 7.19. The number of aromatic carboxylic acids is 1. The molecule has 0 bridgehead atoms. The number of carbonyl (C=O) groups is 1. The third-order valence-corrected chi connectivity index (χ3v) is 3.14. The highest BCUT2D eigenvalue weighted by Gasteiger charge is 2.18. The highest BCUT2D eigenvalue weighted by Crippen LogP contribution is 2.21. The Morgan fingerprint density at radius 1 is 1.55 bits per heavy atom. The summed E-state index contributed by atoms with van der Waals surface area (Å²) < 4.78 is 2.21. The van der Waals surface area contributed by atoms with Gasteiger partial charge in [-0.05, 0) is 24.6 Å². The van der Waals surface area contributed by atoms with Crippen LogP contribution in [0.15, 0.2) is 22.7 Å². The number of carboxylic acids is 1. The minimum absolute atomic E-state index is 0.266. The molecule has 0 fully saturated rings. The van der Waals surface area contributed by atoms with Gasteiger partial charge in [0.25, 0.3) is 5.82 Å². The van der Waals surface area contributed by atoms with E-state index in [0.717, 1.165) is 10.9 Å². The molecular weight excluding hydrogens is 324 g/mol. The van der Waals surface area contributed by atoms with E-state index in [9.17, 15) is 4.79 Å². The molecular formula is C13H11BrN4O2. The summed E-state index contributed by atoms with van der Waals surface area (Å²) in [4.78, 5) is 15.0. The second kappa shape index (κ2) is 5.84. The largest absolute Gasteiger partial charge is 0.475 e. The van der Waals surface area contributed by atoms with Gasteiger partial charge in [-0.3, -0.25) is 0 Å². The molecule has 0 atom stereocenters. The van der Waals surface area contributed by atoms with Gasteiger partial charge in [0.1, 0.15) is 11.9 Å². The topological polar surface area (TPSA) is 91.8 Å². The zero-order valence-electron chi connectivity index (χ0n) is 10.7. The number of aromatic nitrogens is 3. The lowest BCUT2D eigenvalue weighted by atomic mass is 10.2. The monoisotopic (exact) mass is 334 g/mol. The van der Waals surface area contributed by atoms with Crippen LogP contribution in [0.2, 0.25) is 0 Å². The van der Waals surface area contributed by atoms with E-state index < -0.39 is 5.97 Å². The number of hydrogen-bond acceptors (Lipinski definition) is 4. The number of carboxylic acid groups (broad SMARTS) is 1. The first-order valence-electron chi connectivity index (χ1n) is 5.96. The number of aryl methyl sites for hydroxylation is 1. The molecule has 0 amide bonds. The van der Waals surface area contributed by atoms with E-state index >= 15 is 0 Å². The lowest BCUT2D eigenvalue weighted by Crippen LogP contribution is -2.06. The van der Waals surface area contributed by atoms with Crippen molar-refractivity contribution in [1.82, 2.24) is 14.8 Å². The van der Waals surface area contributed by atoms with E-state index in [2.05, 4.69) is 32.1 Å². The maximum absolute atomic E-state index is 11.0. The number of nitriles is 1. The van der Waals surface area contributed by atoms with Crippen molar-refractivity contribution in [2.75, 3.05) is 0 Å². The average molecular weight is 335 g/mol. The van der Waals surface area contributed by atoms with E-state index in [4.69, 9.17) is 10.4 Å². The lowest BCUT2D eigenvalue weighted by molar-refractivity contribution is 0.0683. The third kappa shape index (κ3) is 2.70. The van der Waals surface area contributed by atoms with Gasteiger partial charge >= 0.3 is 5.97 Å². The van der Waals surface area contributed by atoms with Gasteiger partial charge in [0.15, 0.2) is 0 Å². The fraction of sp³-hybridized carbons (Fsp3) is 0.231. The Labute approximate surface area is 123 Å². The van der Waals surface area contributed by atoms with Gasteiger partial charge in [-0.25, -0.2) is 14.5 Å². The van der Waals surface area contributed by atoms with Crippen LogP contribution >= 0.6 is 15.9 Å². The van der Waals surface area contributed by atoms with E-state index in [1.165, 1.54) is 4.68 Å². The lowest BCUT2D eigenvalue weighted by Gasteiger charge is -2.07. The smallest absolute Gasteiger partial charge is 0.375 e. The number of benzene rings is 1. The highest BCUT2D eigenvalue weighted by molar-refractivity contribution is 9.10. The van der Waals surface area contributed by atoms with Gasteiger partial charge in [-0.2, -0.15) is 5.26 Å². The first-order chi connectivity index (χ1) is 9.56. The van der Waals surface area contributed by atoms with Crippen LogP contribution in [-0.2, 0) is 6.42 Å². The molecule has 20 heavy (non-hydrogen) atoms. The molecule has 1 heterocycles. The van der Waals surface area contributed by atoms with Gasteiger partial charge in [-0.1, -0.05) is 22.9 Å². The molecule has 102 valence electrons. The second-order valence-electron chi connectivity index (χ2n) is 4.09. The van der Waals surface area contributed by atoms with Crippen LogP contribution in [0.1, 0.15) is 35.4 Å². The van der Waals surface area contributed by atoms with Crippen LogP contribution in [0.4, 0.5) is 0 Å². The van der Waals surface area contributed by atoms with Crippen molar-refractivity contribution in [3.8, 4) is 11.8 Å². The average Bonchev–Trinajstić information content (AvgIpc) is 2.83. The van der Waals surface area contributed by atoms with Crippen molar-refractivity contribution in [3.05, 3.63) is 39.9 Å². The molecule has 7 heteroatoms. The SMILES string of the molecule is CCCc1nc(C(=O)O)nn1-c1cc(Br)ccc1C#N. The molecule has 0 aliphatic heterocycles. The summed E-state index contributed by atoms with van der Waals surface area (Å²) in [5.74, 6) is -0.925. The minimum Gasteiger partial charge on any atom is -0.475 e. The fourth-order valence-corrected chi connectivity index (χ4v) is 2.14. The molecule has 2 aromatic rings. The van der Waals surface area contributed by atoms with Crippen molar-refractivity contribution < 1.29 is 9.90 Å². The summed E-state index contributed by atoms with van der Waals surface area (Å²) in [7, 11) is 0. The summed E-state index contributed by atoms with van der Waals surface area (Å²) in [6.07, 6.45) is 1.38. The van der Waals surface area contributed by atoms with Gasteiger partial charge in [0.2, 0.25) is 0 Å². The minimum atomic E-state index is -1.19. The Bertz CT molecular complexity index is 703. The molecule has 0 radical (unpaired) electrons. The van der Waals surface area contributed by atoms with Gasteiger partial charge in [0, 0.05) is 10.9 Å². The Kier molecular flexibility index (Phi) is 4.15. The maximum Gasteiger partial charge on any atom is 0.375 e. The van der Waals surface area contributed by atoms with Gasteiger partial charge in [0.05, 0.1) is 11.3 Å². The molecule has 1 aromatic carbocycles. The van der Waals surface area contributed by atoms with Crippen LogP contribution < -0.4 is 0 Å². The van der Waals surface area contributed by atoms with Crippen molar-refractivity contribution in [2.24, 2.45) is 0 Å². The summed E-state index contributed by atoms with van der Waals surface area (Å²) in [6.45, 7) is 1.96. The normalized spacial score (nSPS) is 10.2. The van der Waals surface area contributed by atoms with Crippen LogP contribution in [0.5, 0.6) is 0 Å². The number of rotatable bonds is 4. The zero-order chi connectivity index (χ0) is 14.7. The van der Waals surface area contributed by atoms with Crippen molar-refractivity contribution in [3.63, 3.8) is 0 Å². The van der Waals surface area contributed by atoms with Crippen molar-refractivity contribution in [2.45, 2.75) is 19.8 Å². The van der Waals surface area contributed by atoms with Gasteiger partial charge in [-0.15, -0.1) is 5.10 Å². The Hall–Kier alpha value is -2.20. The molecule has 0 spiro atoms. The molecule has 1 N–H and O–H groups in total. The number of nitrogens with zero attached hydrogens (tertiary/aromatic N) is 4. The number of hydrogen-bond donors (Lipinski definition) is 1. The maximum atomic E-state index is 11.0. The quantitative estimate of drug-likeness (QED) is 0.927. The first-order valence-corrected chi connectivity index (χ1v) is 6.75. The highest BCUT2D eigenvalue weighted by atomic mass is 79.9. The van der Waals surface area contributed by atoms with E-state index in [1.807, 2.05) is 6.92 Å². The predicted octanol–water partition coefficient (Wildman–Crippen LogP) is 2.55. The molecule has 1 aromatic heterocycles. The zero-order valence-corrected chi connectivity index (χ0v) is 12.3. The van der Waals surface area contributed by atoms with E-state index in [0.29, 0.717) is 23.5 Å². The van der Waals surface area contributed by atoms with Crippen molar-refractivity contribution in [1.29, 1.82) is 5.26 Å². The van der Waals surface area contributed by atoms with Crippen LogP contribution in [-0.4, -0.2) is 25.8 Å². The molecule has 0 unspecified atom stereocenters. The number of halogens is 1. The Morgan fingerprint density at radius 3 is 2.90 bits per heavy atom. The van der Waals surface area contributed by atoms with Crippen LogP contribution in [0.3, 0.4) is 0 Å². The molecule has 2 rings (SSSR count). The Morgan fingerprint density at radius 2 is 2.30 bits per heavy atom. The molecule has 0 saturated carbocycles. The van der Waals surface area contributed by atoms with Gasteiger partial charge < -0.3 is 5.11 Å². The summed E-state index contributed by atoms with van der Waals surface area (Å²) in [5, 5.41) is 22.2. The van der Waals surface area contributed by atoms with Crippen molar-refractivity contribution >= 4 is 21.9 Å². The summed E-state index contributed by atoms with van der Waals surface area (Å²) in [5.41, 5.74) is 0.928. The molecule has 0 saturated heterocycles. The standard InChI is InChI=1S/C13H11BrN4O2/c1-2-3-11-16-12(13(19)20)17-18(11)10-6-9(14)5-4-8(10)7-15/h4-6H,2-3H2,1H3,(H,19,20). The molecule has 6 nitrogen and oxygen atoms in total. The second-order valence-corrected chi connectivity index (χ2v) is 5.01. The Balaban J connectivity index is 2.65. The molecule has 0 aliphatic rings. The first kappa shape index (κ1) is 14.2. The summed E-state index contributed by atoms with van der Waals surface area (Å²) >= 11 is 3.33. The van der Waals surface area contributed by atoms with Crippen LogP contribution in [0.25, 0.3) is 5.69 Å². The fourth-order valence-electron chi connectivity index (χ4n) is 1.79. The molecule has 0 aliphatic carbocycles. The third-order valence-electron chi connectivity index (χ3n) is 2.65. The predicted molar refractivity (Wildman–Crippen MR) is 74.7 cm³/mol. The van der Waals surface area contributed by atoms with E-state index in [1.54, 1.807) is 18.2 Å².